The third-order valence-corrected chi connectivity index (χ3v) is 2.58. The van der Waals surface area contributed by atoms with Crippen LogP contribution in [0.5, 0.6) is 5.75 Å². The summed E-state index contributed by atoms with van der Waals surface area (Å²) in [5.74, 6) is 0.865. The fraction of sp³-hybridized carbons (Fsp3) is 0.500. The Labute approximate surface area is 96.4 Å². The Morgan fingerprint density at radius 3 is 2.60 bits per heavy atom. The lowest BCUT2D eigenvalue weighted by atomic mass is 10.1. The van der Waals surface area contributed by atoms with Gasteiger partial charge in [0.15, 0.2) is 0 Å². The standard InChI is InChI=1S/C12H18ClNO/c1-2-11(14)4-3-9-15-12-7-5-10(13)6-8-12/h5-8,11H,2-4,9,14H2,1H3. The fourth-order valence-corrected chi connectivity index (χ4v) is 1.40. The predicted octanol–water partition coefficient (Wildman–Crippen LogP) is 3.24. The van der Waals surface area contributed by atoms with Gasteiger partial charge in [0.1, 0.15) is 5.75 Å². The molecule has 84 valence electrons. The van der Waals surface area contributed by atoms with Crippen LogP contribution < -0.4 is 10.5 Å². The Morgan fingerprint density at radius 1 is 1.33 bits per heavy atom. The zero-order valence-corrected chi connectivity index (χ0v) is 9.83. The third-order valence-electron chi connectivity index (χ3n) is 2.33. The van der Waals surface area contributed by atoms with Crippen molar-refractivity contribution < 1.29 is 4.74 Å². The number of nitrogens with two attached hydrogens (primary N) is 1. The molecule has 3 heteroatoms. The molecule has 0 heterocycles. The second-order valence-corrected chi connectivity index (χ2v) is 4.05. The van der Waals surface area contributed by atoms with Gasteiger partial charge in [-0.15, -0.1) is 0 Å². The first-order valence-corrected chi connectivity index (χ1v) is 5.74. The minimum Gasteiger partial charge on any atom is -0.494 e. The zero-order chi connectivity index (χ0) is 11.1. The molecule has 0 spiro atoms. The average Bonchev–Trinajstić information content (AvgIpc) is 2.26. The summed E-state index contributed by atoms with van der Waals surface area (Å²) in [7, 11) is 0. The second-order valence-electron chi connectivity index (χ2n) is 3.61. The van der Waals surface area contributed by atoms with Gasteiger partial charge in [-0.3, -0.25) is 0 Å². The maximum absolute atomic E-state index is 5.80. The van der Waals surface area contributed by atoms with Gasteiger partial charge in [-0.2, -0.15) is 0 Å². The molecular formula is C12H18ClNO. The molecule has 1 aromatic rings. The molecule has 0 amide bonds. The number of hydrogen-bond donors (Lipinski definition) is 1. The molecule has 0 aromatic heterocycles. The van der Waals surface area contributed by atoms with Gasteiger partial charge in [0, 0.05) is 11.1 Å². The molecule has 0 radical (unpaired) electrons. The minimum atomic E-state index is 0.304. The molecule has 2 N–H and O–H groups in total. The smallest absolute Gasteiger partial charge is 0.119 e. The lowest BCUT2D eigenvalue weighted by Crippen LogP contribution is -2.19. The van der Waals surface area contributed by atoms with Crippen LogP contribution in [0.3, 0.4) is 0 Å². The van der Waals surface area contributed by atoms with Gasteiger partial charge in [0.2, 0.25) is 0 Å². The first kappa shape index (κ1) is 12.3. The van der Waals surface area contributed by atoms with Crippen LogP contribution in [-0.2, 0) is 0 Å². The van der Waals surface area contributed by atoms with Crippen LogP contribution in [0.15, 0.2) is 24.3 Å². The van der Waals surface area contributed by atoms with Gasteiger partial charge < -0.3 is 10.5 Å². The maximum atomic E-state index is 5.80. The number of ether oxygens (including phenoxy) is 1. The predicted molar refractivity (Wildman–Crippen MR) is 64.4 cm³/mol. The summed E-state index contributed by atoms with van der Waals surface area (Å²) in [6, 6.07) is 7.71. The first-order valence-electron chi connectivity index (χ1n) is 5.36. The van der Waals surface area contributed by atoms with E-state index < -0.39 is 0 Å². The van der Waals surface area contributed by atoms with E-state index in [1.54, 1.807) is 0 Å². The summed E-state index contributed by atoms with van der Waals surface area (Å²) in [6.45, 7) is 2.82. The van der Waals surface area contributed by atoms with Crippen LogP contribution in [0.25, 0.3) is 0 Å². The SMILES string of the molecule is CCC(N)CCCOc1ccc(Cl)cc1. The largest absolute Gasteiger partial charge is 0.494 e. The topological polar surface area (TPSA) is 35.2 Å². The highest BCUT2D eigenvalue weighted by Gasteiger charge is 1.99. The van der Waals surface area contributed by atoms with E-state index in [1.165, 1.54) is 0 Å². The molecule has 0 saturated heterocycles. The summed E-state index contributed by atoms with van der Waals surface area (Å²) >= 11 is 5.76. The van der Waals surface area contributed by atoms with Crippen molar-refractivity contribution in [3.63, 3.8) is 0 Å². The zero-order valence-electron chi connectivity index (χ0n) is 9.08. The van der Waals surface area contributed by atoms with Gasteiger partial charge in [0.25, 0.3) is 0 Å². The van der Waals surface area contributed by atoms with Crippen molar-refractivity contribution in [3.05, 3.63) is 29.3 Å². The van der Waals surface area contributed by atoms with Crippen LogP contribution in [0.4, 0.5) is 0 Å². The molecular weight excluding hydrogens is 210 g/mol. The van der Waals surface area contributed by atoms with Gasteiger partial charge in [0.05, 0.1) is 6.61 Å². The average molecular weight is 228 g/mol. The molecule has 0 aliphatic rings. The summed E-state index contributed by atoms with van der Waals surface area (Å²) < 4.78 is 5.54. The summed E-state index contributed by atoms with van der Waals surface area (Å²) in [5.41, 5.74) is 5.80. The van der Waals surface area contributed by atoms with Crippen LogP contribution >= 0.6 is 11.6 Å². The third kappa shape index (κ3) is 5.05. The molecule has 1 rings (SSSR count). The lowest BCUT2D eigenvalue weighted by Gasteiger charge is -2.09. The normalized spacial score (nSPS) is 12.5. The van der Waals surface area contributed by atoms with E-state index in [4.69, 9.17) is 22.1 Å². The quantitative estimate of drug-likeness (QED) is 0.758. The van der Waals surface area contributed by atoms with Gasteiger partial charge >= 0.3 is 0 Å². The number of benzene rings is 1. The molecule has 0 aliphatic heterocycles. The van der Waals surface area contributed by atoms with E-state index >= 15 is 0 Å². The maximum Gasteiger partial charge on any atom is 0.119 e. The molecule has 0 saturated carbocycles. The van der Waals surface area contributed by atoms with Crippen molar-refractivity contribution in [1.82, 2.24) is 0 Å². The highest BCUT2D eigenvalue weighted by Crippen LogP contribution is 2.15. The molecule has 0 aliphatic carbocycles. The minimum absolute atomic E-state index is 0.304. The van der Waals surface area contributed by atoms with E-state index in [9.17, 15) is 0 Å². The highest BCUT2D eigenvalue weighted by molar-refractivity contribution is 6.30. The van der Waals surface area contributed by atoms with Gasteiger partial charge in [-0.1, -0.05) is 18.5 Å². The van der Waals surface area contributed by atoms with Crippen molar-refractivity contribution in [1.29, 1.82) is 0 Å². The van der Waals surface area contributed by atoms with Crippen molar-refractivity contribution in [2.75, 3.05) is 6.61 Å². The van der Waals surface area contributed by atoms with Crippen molar-refractivity contribution in [3.8, 4) is 5.75 Å². The molecule has 2 nitrogen and oxygen atoms in total. The summed E-state index contributed by atoms with van der Waals surface area (Å²) in [6.07, 6.45) is 3.04. The van der Waals surface area contributed by atoms with Crippen molar-refractivity contribution >= 4 is 11.6 Å². The Morgan fingerprint density at radius 2 is 2.00 bits per heavy atom. The Balaban J connectivity index is 2.17. The Bertz CT molecular complexity index is 273. The van der Waals surface area contributed by atoms with E-state index in [2.05, 4.69) is 6.92 Å². The lowest BCUT2D eigenvalue weighted by molar-refractivity contribution is 0.301. The van der Waals surface area contributed by atoms with Gasteiger partial charge in [-0.05, 0) is 43.5 Å². The molecule has 15 heavy (non-hydrogen) atoms. The first-order chi connectivity index (χ1) is 7.22. The number of rotatable bonds is 6. The van der Waals surface area contributed by atoms with E-state index in [0.717, 1.165) is 36.6 Å². The molecule has 1 aromatic carbocycles. The summed E-state index contributed by atoms with van der Waals surface area (Å²) in [5, 5.41) is 0.732. The van der Waals surface area contributed by atoms with Crippen LogP contribution in [0, 0.1) is 0 Å². The Kier molecular flexibility index (Phi) is 5.51. The second kappa shape index (κ2) is 6.70. The molecule has 0 fully saturated rings. The van der Waals surface area contributed by atoms with Crippen LogP contribution in [-0.4, -0.2) is 12.6 Å². The highest BCUT2D eigenvalue weighted by atomic mass is 35.5. The van der Waals surface area contributed by atoms with E-state index in [-0.39, 0.29) is 0 Å². The Hall–Kier alpha value is -0.730. The molecule has 1 atom stereocenters. The monoisotopic (exact) mass is 227 g/mol. The van der Waals surface area contributed by atoms with E-state index in [0.29, 0.717) is 6.04 Å². The van der Waals surface area contributed by atoms with E-state index in [1.807, 2.05) is 24.3 Å². The number of halogens is 1. The van der Waals surface area contributed by atoms with Gasteiger partial charge in [-0.25, -0.2) is 0 Å². The fourth-order valence-electron chi connectivity index (χ4n) is 1.27. The number of hydrogen-bond acceptors (Lipinski definition) is 2. The summed E-state index contributed by atoms with van der Waals surface area (Å²) in [4.78, 5) is 0. The molecule has 0 bridgehead atoms. The van der Waals surface area contributed by atoms with Crippen LogP contribution in [0.1, 0.15) is 26.2 Å². The van der Waals surface area contributed by atoms with Crippen molar-refractivity contribution in [2.45, 2.75) is 32.2 Å². The molecule has 1 unspecified atom stereocenters. The van der Waals surface area contributed by atoms with Crippen molar-refractivity contribution in [2.24, 2.45) is 5.73 Å². The van der Waals surface area contributed by atoms with Crippen LogP contribution in [0.2, 0.25) is 5.02 Å².